The number of ketones is 1. The van der Waals surface area contributed by atoms with Crippen LogP contribution in [0, 0.1) is 0 Å². The number of hydrogen-bond acceptors (Lipinski definition) is 6. The van der Waals surface area contributed by atoms with Crippen LogP contribution in [0.15, 0.2) is 71.9 Å². The van der Waals surface area contributed by atoms with Crippen LogP contribution in [0.25, 0.3) is 0 Å². The van der Waals surface area contributed by atoms with Crippen molar-refractivity contribution in [2.24, 2.45) is 0 Å². The maximum absolute atomic E-state index is 13.8. The minimum Gasteiger partial charge on any atom is -0.493 e. The van der Waals surface area contributed by atoms with Crippen molar-refractivity contribution in [1.82, 2.24) is 0 Å². The van der Waals surface area contributed by atoms with Crippen molar-refractivity contribution in [3.8, 4) is 17.2 Å². The fourth-order valence-electron chi connectivity index (χ4n) is 5.26. The van der Waals surface area contributed by atoms with Gasteiger partial charge in [0, 0.05) is 17.7 Å². The fourth-order valence-corrected chi connectivity index (χ4v) is 5.26. The van der Waals surface area contributed by atoms with Crippen molar-refractivity contribution in [2.75, 3.05) is 32.0 Å². The third-order valence-electron chi connectivity index (χ3n) is 7.19. The molecule has 0 radical (unpaired) electrons. The Morgan fingerprint density at radius 2 is 1.50 bits per heavy atom. The normalized spacial score (nSPS) is 18.8. The van der Waals surface area contributed by atoms with Gasteiger partial charge in [0.2, 0.25) is 5.75 Å². The largest absolute Gasteiger partial charge is 0.493 e. The summed E-state index contributed by atoms with van der Waals surface area (Å²) < 4.78 is 16.6. The molecule has 5 rings (SSSR count). The third-order valence-corrected chi connectivity index (χ3v) is 7.19. The Morgan fingerprint density at radius 1 is 0.833 bits per heavy atom. The summed E-state index contributed by atoms with van der Waals surface area (Å²) in [5.74, 6) is 1.84. The molecule has 36 heavy (non-hydrogen) atoms. The van der Waals surface area contributed by atoms with E-state index in [2.05, 4.69) is 47.9 Å². The van der Waals surface area contributed by atoms with E-state index in [1.807, 2.05) is 30.3 Å². The van der Waals surface area contributed by atoms with Crippen molar-refractivity contribution in [3.63, 3.8) is 0 Å². The van der Waals surface area contributed by atoms with Gasteiger partial charge in [-0.05, 0) is 59.7 Å². The van der Waals surface area contributed by atoms with Crippen LogP contribution in [0.5, 0.6) is 17.2 Å². The molecule has 0 saturated heterocycles. The molecule has 0 unspecified atom stereocenters. The van der Waals surface area contributed by atoms with E-state index >= 15 is 0 Å². The molecule has 1 heterocycles. The van der Waals surface area contributed by atoms with Gasteiger partial charge in [0.05, 0.1) is 38.7 Å². The second-order valence-electron chi connectivity index (χ2n) is 9.22. The van der Waals surface area contributed by atoms with Gasteiger partial charge >= 0.3 is 0 Å². The highest BCUT2D eigenvalue weighted by Crippen LogP contribution is 2.47. The van der Waals surface area contributed by atoms with Gasteiger partial charge < -0.3 is 24.8 Å². The number of aryl methyl sites for hydroxylation is 1. The molecule has 0 aromatic heterocycles. The van der Waals surface area contributed by atoms with Crippen molar-refractivity contribution >= 4 is 17.2 Å². The zero-order chi connectivity index (χ0) is 25.2. The Bertz CT molecular complexity index is 1290. The van der Waals surface area contributed by atoms with Gasteiger partial charge in [0.15, 0.2) is 17.3 Å². The maximum atomic E-state index is 13.8. The van der Waals surface area contributed by atoms with Gasteiger partial charge in [0.1, 0.15) is 0 Å². The molecule has 6 nitrogen and oxygen atoms in total. The zero-order valence-electron chi connectivity index (χ0n) is 21.2. The van der Waals surface area contributed by atoms with Crippen molar-refractivity contribution in [3.05, 3.63) is 88.6 Å². The van der Waals surface area contributed by atoms with Gasteiger partial charge in [-0.3, -0.25) is 4.79 Å². The number of fused-ring (bicyclic) bond motifs is 1. The van der Waals surface area contributed by atoms with E-state index in [0.29, 0.717) is 30.1 Å². The van der Waals surface area contributed by atoms with Crippen LogP contribution >= 0.6 is 0 Å². The highest BCUT2D eigenvalue weighted by Gasteiger charge is 2.36. The second-order valence-corrected chi connectivity index (χ2v) is 9.22. The summed E-state index contributed by atoms with van der Waals surface area (Å²) in [6.07, 6.45) is 2.08. The van der Waals surface area contributed by atoms with E-state index in [1.165, 1.54) is 5.56 Å². The number of hydrogen-bond donors (Lipinski definition) is 2. The first-order chi connectivity index (χ1) is 17.6. The van der Waals surface area contributed by atoms with Crippen molar-refractivity contribution in [2.45, 2.75) is 38.1 Å². The number of Topliss-reactive ketones (excluding diaryl/α,β-unsaturated/α-hetero) is 1. The molecule has 0 saturated carbocycles. The second kappa shape index (κ2) is 9.97. The Morgan fingerprint density at radius 3 is 2.11 bits per heavy atom. The quantitative estimate of drug-likeness (QED) is 0.431. The number of carbonyl (C=O) groups excluding carboxylic acids is 1. The van der Waals surface area contributed by atoms with Crippen molar-refractivity contribution < 1.29 is 19.0 Å². The van der Waals surface area contributed by atoms with E-state index < -0.39 is 0 Å². The van der Waals surface area contributed by atoms with E-state index in [1.54, 1.807) is 21.3 Å². The molecule has 2 atom stereocenters. The average molecular weight is 485 g/mol. The minimum atomic E-state index is -0.226. The summed E-state index contributed by atoms with van der Waals surface area (Å²) in [6.45, 7) is 2.15. The predicted octanol–water partition coefficient (Wildman–Crippen LogP) is 6.25. The standard InChI is InChI=1S/C30H32N2O4/c1-5-18-10-12-19(13-11-18)29-28-24(31-22-8-6-7-9-23(22)32-29)14-20(15-25(28)33)21-16-26(34-2)30(36-4)27(17-21)35-3/h6-13,16-17,20,29,31-32H,5,14-15H2,1-4H3/t20-,29-/m1/s1. The summed E-state index contributed by atoms with van der Waals surface area (Å²) in [6, 6.07) is 20.3. The van der Waals surface area contributed by atoms with Gasteiger partial charge in [0.25, 0.3) is 0 Å². The highest BCUT2D eigenvalue weighted by atomic mass is 16.5. The molecule has 2 N–H and O–H groups in total. The van der Waals surface area contributed by atoms with E-state index in [4.69, 9.17) is 14.2 Å². The summed E-state index contributed by atoms with van der Waals surface area (Å²) in [5.41, 5.74) is 7.05. The van der Waals surface area contributed by atoms with Crippen LogP contribution in [0.1, 0.15) is 48.4 Å². The SMILES string of the molecule is CCc1ccc([C@H]2Nc3ccccc3NC3=C2C(=O)C[C@H](c2cc(OC)c(OC)c(OC)c2)C3)cc1. The Balaban J connectivity index is 1.58. The molecule has 2 aliphatic rings. The molecule has 3 aromatic rings. The molecule has 186 valence electrons. The zero-order valence-corrected chi connectivity index (χ0v) is 21.2. The van der Waals surface area contributed by atoms with E-state index in [-0.39, 0.29) is 17.7 Å². The molecule has 0 spiro atoms. The number of para-hydroxylation sites is 2. The molecule has 3 aromatic carbocycles. The van der Waals surface area contributed by atoms with Gasteiger partial charge in [-0.25, -0.2) is 0 Å². The number of nitrogens with one attached hydrogen (secondary N) is 2. The number of anilines is 2. The Labute approximate surface area is 212 Å². The highest BCUT2D eigenvalue weighted by molar-refractivity contribution is 6.01. The van der Waals surface area contributed by atoms with Crippen LogP contribution in [0.3, 0.4) is 0 Å². The summed E-state index contributed by atoms with van der Waals surface area (Å²) in [7, 11) is 4.81. The minimum absolute atomic E-state index is 0.0224. The smallest absolute Gasteiger partial charge is 0.203 e. The van der Waals surface area contributed by atoms with Crippen LogP contribution in [0.4, 0.5) is 11.4 Å². The summed E-state index contributed by atoms with van der Waals surface area (Å²) in [5, 5.41) is 7.25. The van der Waals surface area contributed by atoms with Crippen LogP contribution in [-0.2, 0) is 11.2 Å². The van der Waals surface area contributed by atoms with E-state index in [9.17, 15) is 4.79 Å². The van der Waals surface area contributed by atoms with Crippen LogP contribution < -0.4 is 24.8 Å². The lowest BCUT2D eigenvalue weighted by atomic mass is 9.78. The van der Waals surface area contributed by atoms with Gasteiger partial charge in [-0.15, -0.1) is 0 Å². The first-order valence-corrected chi connectivity index (χ1v) is 12.3. The lowest BCUT2D eigenvalue weighted by Crippen LogP contribution is -2.27. The monoisotopic (exact) mass is 484 g/mol. The van der Waals surface area contributed by atoms with E-state index in [0.717, 1.165) is 40.2 Å². The molecule has 0 bridgehead atoms. The van der Waals surface area contributed by atoms with Gasteiger partial charge in [-0.2, -0.15) is 0 Å². The first kappa shape index (κ1) is 23.8. The van der Waals surface area contributed by atoms with Gasteiger partial charge in [-0.1, -0.05) is 43.3 Å². The van der Waals surface area contributed by atoms with Crippen molar-refractivity contribution in [1.29, 1.82) is 0 Å². The lowest BCUT2D eigenvalue weighted by molar-refractivity contribution is -0.116. The third kappa shape index (κ3) is 4.28. The summed E-state index contributed by atoms with van der Waals surface area (Å²) in [4.78, 5) is 13.8. The first-order valence-electron chi connectivity index (χ1n) is 12.3. The topological polar surface area (TPSA) is 68.8 Å². The number of carbonyl (C=O) groups is 1. The number of ether oxygens (including phenoxy) is 3. The fraction of sp³-hybridized carbons (Fsp3) is 0.300. The summed E-state index contributed by atoms with van der Waals surface area (Å²) >= 11 is 0. The number of rotatable bonds is 6. The van der Waals surface area contributed by atoms with Crippen LogP contribution in [-0.4, -0.2) is 27.1 Å². The molecule has 0 amide bonds. The molecular weight excluding hydrogens is 452 g/mol. The predicted molar refractivity (Wildman–Crippen MR) is 142 cm³/mol. The maximum Gasteiger partial charge on any atom is 0.203 e. The molecule has 1 aliphatic heterocycles. The van der Waals surface area contributed by atoms with Crippen LogP contribution in [0.2, 0.25) is 0 Å². The average Bonchev–Trinajstić information content (AvgIpc) is 3.09. The number of benzene rings is 3. The molecule has 0 fully saturated rings. The molecule has 1 aliphatic carbocycles. The number of allylic oxidation sites excluding steroid dienone is 1. The molecule has 6 heteroatoms. The lowest BCUT2D eigenvalue weighted by Gasteiger charge is -2.30. The Hall–Kier alpha value is -3.93. The Kier molecular flexibility index (Phi) is 6.59. The molecular formula is C30H32N2O4. The number of methoxy groups -OCH3 is 3.